The first-order valence-corrected chi connectivity index (χ1v) is 4.11. The number of nitrogens with zero attached hydrogens (tertiary/aromatic N) is 2. The molecule has 2 nitrogen and oxygen atoms in total. The van der Waals surface area contributed by atoms with Crippen molar-refractivity contribution in [1.82, 2.24) is 9.38 Å². The van der Waals surface area contributed by atoms with E-state index in [2.05, 4.69) is 34.6 Å². The van der Waals surface area contributed by atoms with Gasteiger partial charge < -0.3 is 4.40 Å². The average molecular weight is 160 g/mol. The maximum Gasteiger partial charge on any atom is 0.0666 e. The van der Waals surface area contributed by atoms with E-state index in [4.69, 9.17) is 0 Å². The molecule has 12 heavy (non-hydrogen) atoms. The molecule has 0 N–H and O–H groups in total. The van der Waals surface area contributed by atoms with Crippen molar-refractivity contribution in [2.45, 2.75) is 20.8 Å². The van der Waals surface area contributed by atoms with Crippen LogP contribution >= 0.6 is 0 Å². The molecule has 0 aromatic carbocycles. The Morgan fingerprint density at radius 1 is 1.17 bits per heavy atom. The van der Waals surface area contributed by atoms with E-state index in [1.807, 2.05) is 13.8 Å². The van der Waals surface area contributed by atoms with Crippen LogP contribution in [0.25, 0.3) is 5.52 Å². The lowest BCUT2D eigenvalue weighted by Gasteiger charge is -2.06. The van der Waals surface area contributed by atoms with Gasteiger partial charge in [-0.3, -0.25) is 4.98 Å². The summed E-state index contributed by atoms with van der Waals surface area (Å²) in [6.07, 6.45) is 2.08. The quantitative estimate of drug-likeness (QED) is 0.577. The largest absolute Gasteiger partial charge is 0.318 e. The highest BCUT2D eigenvalue weighted by molar-refractivity contribution is 5.53. The fourth-order valence-electron chi connectivity index (χ4n) is 1.53. The summed E-state index contributed by atoms with van der Waals surface area (Å²) in [4.78, 5) is 4.45. The number of aryl methyl sites for hydroxylation is 3. The summed E-state index contributed by atoms with van der Waals surface area (Å²) in [6, 6.07) is 4.14. The molecule has 0 saturated carbocycles. The third-order valence-corrected chi connectivity index (χ3v) is 2.34. The van der Waals surface area contributed by atoms with Gasteiger partial charge in [0.15, 0.2) is 0 Å². The molecule has 0 bridgehead atoms. The van der Waals surface area contributed by atoms with Gasteiger partial charge in [0.05, 0.1) is 16.9 Å². The topological polar surface area (TPSA) is 17.3 Å². The molecule has 62 valence electrons. The molecule has 0 atom stereocenters. The van der Waals surface area contributed by atoms with E-state index in [1.165, 1.54) is 11.2 Å². The zero-order valence-electron chi connectivity index (χ0n) is 7.63. The number of hydrogen-bond acceptors (Lipinski definition) is 1. The van der Waals surface area contributed by atoms with Crippen LogP contribution in [0.3, 0.4) is 0 Å². The van der Waals surface area contributed by atoms with Gasteiger partial charge in [-0.1, -0.05) is 0 Å². The predicted octanol–water partition coefficient (Wildman–Crippen LogP) is 2.26. The molecule has 0 amide bonds. The van der Waals surface area contributed by atoms with E-state index in [-0.39, 0.29) is 0 Å². The van der Waals surface area contributed by atoms with Crippen LogP contribution in [0.2, 0.25) is 0 Å². The van der Waals surface area contributed by atoms with Gasteiger partial charge in [0, 0.05) is 11.9 Å². The van der Waals surface area contributed by atoms with Crippen LogP contribution in [0.5, 0.6) is 0 Å². The van der Waals surface area contributed by atoms with Gasteiger partial charge in [-0.25, -0.2) is 0 Å². The Morgan fingerprint density at radius 2 is 1.92 bits per heavy atom. The van der Waals surface area contributed by atoms with Crippen LogP contribution in [0.4, 0.5) is 0 Å². The van der Waals surface area contributed by atoms with E-state index < -0.39 is 0 Å². The van der Waals surface area contributed by atoms with Gasteiger partial charge in [-0.15, -0.1) is 0 Å². The fraction of sp³-hybridized carbons (Fsp3) is 0.300. The number of fused-ring (bicyclic) bond motifs is 1. The van der Waals surface area contributed by atoms with Gasteiger partial charge in [0.2, 0.25) is 0 Å². The standard InChI is InChI=1S/C10H12N2/c1-7-9(3)12-6-4-5-10(12)8(2)11-7/h4-6H,1-3H3. The normalized spacial score (nSPS) is 10.9. The molecule has 2 aromatic heterocycles. The summed E-state index contributed by atoms with van der Waals surface area (Å²) in [6.45, 7) is 6.18. The molecule has 0 saturated heterocycles. The minimum atomic E-state index is 1.10. The number of rotatable bonds is 0. The molecule has 2 aromatic rings. The Morgan fingerprint density at radius 3 is 2.67 bits per heavy atom. The van der Waals surface area contributed by atoms with E-state index in [0.29, 0.717) is 0 Å². The van der Waals surface area contributed by atoms with Gasteiger partial charge in [-0.2, -0.15) is 0 Å². The Bertz CT molecular complexity index is 427. The van der Waals surface area contributed by atoms with Gasteiger partial charge in [-0.05, 0) is 32.9 Å². The lowest BCUT2D eigenvalue weighted by molar-refractivity contribution is 0.977. The van der Waals surface area contributed by atoms with Gasteiger partial charge >= 0.3 is 0 Å². The van der Waals surface area contributed by atoms with Crippen LogP contribution in [0.1, 0.15) is 17.1 Å². The second-order valence-electron chi connectivity index (χ2n) is 3.13. The van der Waals surface area contributed by atoms with Crippen molar-refractivity contribution in [2.75, 3.05) is 0 Å². The third-order valence-electron chi connectivity index (χ3n) is 2.34. The Kier molecular flexibility index (Phi) is 1.43. The molecular weight excluding hydrogens is 148 g/mol. The van der Waals surface area contributed by atoms with Gasteiger partial charge in [0.1, 0.15) is 0 Å². The first-order chi connectivity index (χ1) is 5.70. The van der Waals surface area contributed by atoms with E-state index in [1.54, 1.807) is 0 Å². The van der Waals surface area contributed by atoms with Crippen LogP contribution in [0.15, 0.2) is 18.3 Å². The number of hydrogen-bond donors (Lipinski definition) is 0. The Hall–Kier alpha value is -1.31. The Labute approximate surface area is 71.9 Å². The molecule has 0 unspecified atom stereocenters. The highest BCUT2D eigenvalue weighted by Gasteiger charge is 2.02. The van der Waals surface area contributed by atoms with Crippen LogP contribution in [-0.4, -0.2) is 9.38 Å². The molecule has 0 fully saturated rings. The lowest BCUT2D eigenvalue weighted by Crippen LogP contribution is -1.99. The molecular formula is C10H12N2. The highest BCUT2D eigenvalue weighted by atomic mass is 14.9. The van der Waals surface area contributed by atoms with Crippen molar-refractivity contribution in [2.24, 2.45) is 0 Å². The molecule has 2 rings (SSSR count). The molecule has 0 spiro atoms. The lowest BCUT2D eigenvalue weighted by atomic mass is 10.3. The summed E-state index contributed by atoms with van der Waals surface area (Å²) in [5.74, 6) is 0. The van der Waals surface area contributed by atoms with Crippen LogP contribution < -0.4 is 0 Å². The average Bonchev–Trinajstić information content (AvgIpc) is 2.48. The SMILES string of the molecule is Cc1nc(C)c2cccn2c1C. The first-order valence-electron chi connectivity index (χ1n) is 4.11. The van der Waals surface area contributed by atoms with E-state index in [0.717, 1.165) is 11.4 Å². The molecule has 2 heteroatoms. The smallest absolute Gasteiger partial charge is 0.0666 e. The highest BCUT2D eigenvalue weighted by Crippen LogP contribution is 2.13. The van der Waals surface area contributed by atoms with Crippen molar-refractivity contribution < 1.29 is 0 Å². The second-order valence-corrected chi connectivity index (χ2v) is 3.13. The molecule has 0 aliphatic heterocycles. The molecule has 0 aliphatic carbocycles. The van der Waals surface area contributed by atoms with Crippen LogP contribution in [0, 0.1) is 20.8 Å². The number of aromatic nitrogens is 2. The Balaban J connectivity index is 2.97. The predicted molar refractivity (Wildman–Crippen MR) is 49.4 cm³/mol. The summed E-state index contributed by atoms with van der Waals surface area (Å²) < 4.78 is 2.18. The summed E-state index contributed by atoms with van der Waals surface area (Å²) in [5, 5.41) is 0. The van der Waals surface area contributed by atoms with Crippen molar-refractivity contribution in [3.8, 4) is 0 Å². The fourth-order valence-corrected chi connectivity index (χ4v) is 1.53. The maximum atomic E-state index is 4.45. The summed E-state index contributed by atoms with van der Waals surface area (Å²) in [5.41, 5.74) is 4.64. The van der Waals surface area contributed by atoms with Crippen molar-refractivity contribution >= 4 is 5.52 Å². The zero-order valence-corrected chi connectivity index (χ0v) is 7.63. The first kappa shape index (κ1) is 7.35. The summed E-state index contributed by atoms with van der Waals surface area (Å²) in [7, 11) is 0. The second kappa shape index (κ2) is 2.34. The zero-order chi connectivity index (χ0) is 8.72. The van der Waals surface area contributed by atoms with Crippen LogP contribution in [-0.2, 0) is 0 Å². The van der Waals surface area contributed by atoms with E-state index in [9.17, 15) is 0 Å². The molecule has 0 aliphatic rings. The van der Waals surface area contributed by atoms with Gasteiger partial charge in [0.25, 0.3) is 0 Å². The van der Waals surface area contributed by atoms with Crippen molar-refractivity contribution in [3.05, 3.63) is 35.4 Å². The minimum absolute atomic E-state index is 1.10. The molecule has 0 radical (unpaired) electrons. The monoisotopic (exact) mass is 160 g/mol. The van der Waals surface area contributed by atoms with E-state index >= 15 is 0 Å². The maximum absolute atomic E-state index is 4.45. The van der Waals surface area contributed by atoms with Crippen molar-refractivity contribution in [1.29, 1.82) is 0 Å². The van der Waals surface area contributed by atoms with Crippen molar-refractivity contribution in [3.63, 3.8) is 0 Å². The minimum Gasteiger partial charge on any atom is -0.318 e. The molecule has 2 heterocycles. The summed E-state index contributed by atoms with van der Waals surface area (Å²) >= 11 is 0. The third kappa shape index (κ3) is 0.843.